The van der Waals surface area contributed by atoms with Crippen LogP contribution in [-0.2, 0) is 29.5 Å². The summed E-state index contributed by atoms with van der Waals surface area (Å²) in [6.45, 7) is -0.361. The Labute approximate surface area is 123 Å². The standard InChI is InChI=1S/C14H17N3O3S/c18-9-12-8-15-16-14(12)21(19,20)17-13-6-5-10-3-1-2-4-11(10)7-13/h1-4,8,13,17-18H,5-7,9H2,(H,15,16). The van der Waals surface area contributed by atoms with E-state index in [4.69, 9.17) is 5.11 Å². The van der Waals surface area contributed by atoms with Crippen LogP contribution in [0.3, 0.4) is 0 Å². The number of aromatic amines is 1. The van der Waals surface area contributed by atoms with Crippen molar-refractivity contribution in [2.24, 2.45) is 0 Å². The first kappa shape index (κ1) is 14.2. The normalized spacial score (nSPS) is 18.4. The van der Waals surface area contributed by atoms with Crippen LogP contribution in [0.25, 0.3) is 0 Å². The summed E-state index contributed by atoms with van der Waals surface area (Å²) in [6.07, 6.45) is 3.63. The molecule has 3 N–H and O–H groups in total. The van der Waals surface area contributed by atoms with E-state index < -0.39 is 10.0 Å². The van der Waals surface area contributed by atoms with E-state index in [0.717, 1.165) is 12.8 Å². The summed E-state index contributed by atoms with van der Waals surface area (Å²) in [7, 11) is -3.69. The molecule has 6 nitrogen and oxygen atoms in total. The first-order chi connectivity index (χ1) is 10.1. The summed E-state index contributed by atoms with van der Waals surface area (Å²) >= 11 is 0. The van der Waals surface area contributed by atoms with E-state index in [9.17, 15) is 8.42 Å². The highest BCUT2D eigenvalue weighted by Crippen LogP contribution is 2.22. The van der Waals surface area contributed by atoms with Crippen molar-refractivity contribution in [1.29, 1.82) is 0 Å². The molecule has 1 heterocycles. The highest BCUT2D eigenvalue weighted by atomic mass is 32.2. The maximum absolute atomic E-state index is 12.4. The van der Waals surface area contributed by atoms with Crippen molar-refractivity contribution in [2.75, 3.05) is 0 Å². The minimum atomic E-state index is -3.69. The van der Waals surface area contributed by atoms with Gasteiger partial charge in [-0.25, -0.2) is 13.1 Å². The van der Waals surface area contributed by atoms with E-state index in [1.54, 1.807) is 0 Å². The lowest BCUT2D eigenvalue weighted by Gasteiger charge is -2.25. The number of sulfonamides is 1. The Morgan fingerprint density at radius 3 is 2.86 bits per heavy atom. The zero-order valence-electron chi connectivity index (χ0n) is 11.4. The van der Waals surface area contributed by atoms with Crippen LogP contribution < -0.4 is 4.72 Å². The third-order valence-electron chi connectivity index (χ3n) is 3.79. The van der Waals surface area contributed by atoms with Crippen molar-refractivity contribution in [3.63, 3.8) is 0 Å². The third-order valence-corrected chi connectivity index (χ3v) is 5.32. The minimum absolute atomic E-state index is 0.0520. The Hall–Kier alpha value is -1.70. The fourth-order valence-electron chi connectivity index (χ4n) is 2.72. The molecule has 1 aromatic carbocycles. The van der Waals surface area contributed by atoms with Gasteiger partial charge in [-0.1, -0.05) is 24.3 Å². The van der Waals surface area contributed by atoms with Gasteiger partial charge in [0.25, 0.3) is 10.0 Å². The number of aryl methyl sites for hydroxylation is 1. The lowest BCUT2D eigenvalue weighted by atomic mass is 9.89. The van der Waals surface area contributed by atoms with Crippen molar-refractivity contribution in [2.45, 2.75) is 36.9 Å². The van der Waals surface area contributed by atoms with Crippen LogP contribution in [0.2, 0.25) is 0 Å². The molecule has 0 saturated carbocycles. The molecule has 0 radical (unpaired) electrons. The van der Waals surface area contributed by atoms with E-state index in [2.05, 4.69) is 21.0 Å². The smallest absolute Gasteiger partial charge is 0.258 e. The highest BCUT2D eigenvalue weighted by Gasteiger charge is 2.26. The molecular weight excluding hydrogens is 290 g/mol. The predicted octanol–water partition coefficient (Wildman–Crippen LogP) is 0.738. The monoisotopic (exact) mass is 307 g/mol. The van der Waals surface area contributed by atoms with Crippen molar-refractivity contribution in [1.82, 2.24) is 14.9 Å². The van der Waals surface area contributed by atoms with Crippen LogP contribution in [0.4, 0.5) is 0 Å². The van der Waals surface area contributed by atoms with Gasteiger partial charge in [-0.2, -0.15) is 5.10 Å². The van der Waals surface area contributed by atoms with E-state index in [1.807, 2.05) is 18.2 Å². The number of aliphatic hydroxyl groups is 1. The van der Waals surface area contributed by atoms with Crippen LogP contribution in [0.1, 0.15) is 23.1 Å². The van der Waals surface area contributed by atoms with Crippen LogP contribution in [-0.4, -0.2) is 29.8 Å². The SMILES string of the molecule is O=S(=O)(NC1CCc2ccccc2C1)c1[nH]ncc1CO. The molecule has 0 fully saturated rings. The largest absolute Gasteiger partial charge is 0.392 e. The molecule has 112 valence electrons. The van der Waals surface area contributed by atoms with Gasteiger partial charge in [-0.3, -0.25) is 5.10 Å². The average molecular weight is 307 g/mol. The zero-order valence-corrected chi connectivity index (χ0v) is 12.2. The number of fused-ring (bicyclic) bond motifs is 1. The van der Waals surface area contributed by atoms with E-state index in [-0.39, 0.29) is 23.2 Å². The van der Waals surface area contributed by atoms with Gasteiger partial charge in [0.05, 0.1) is 12.8 Å². The molecule has 3 rings (SSSR count). The number of hydrogen-bond donors (Lipinski definition) is 3. The van der Waals surface area contributed by atoms with Gasteiger partial charge in [-0.15, -0.1) is 0 Å². The maximum atomic E-state index is 12.4. The van der Waals surface area contributed by atoms with Gasteiger partial charge < -0.3 is 5.11 Å². The third kappa shape index (κ3) is 2.85. The highest BCUT2D eigenvalue weighted by molar-refractivity contribution is 7.89. The zero-order chi connectivity index (χ0) is 14.9. The Balaban J connectivity index is 1.79. The molecule has 1 aromatic heterocycles. The molecule has 0 spiro atoms. The van der Waals surface area contributed by atoms with Crippen LogP contribution in [0, 0.1) is 0 Å². The minimum Gasteiger partial charge on any atom is -0.392 e. The molecule has 0 amide bonds. The lowest BCUT2D eigenvalue weighted by molar-refractivity contribution is 0.278. The lowest BCUT2D eigenvalue weighted by Crippen LogP contribution is -2.39. The predicted molar refractivity (Wildman–Crippen MR) is 77.1 cm³/mol. The molecule has 21 heavy (non-hydrogen) atoms. The van der Waals surface area contributed by atoms with Gasteiger partial charge in [0.1, 0.15) is 0 Å². The summed E-state index contributed by atoms with van der Waals surface area (Å²) in [4.78, 5) is 0. The van der Waals surface area contributed by atoms with Crippen molar-refractivity contribution >= 4 is 10.0 Å². The quantitative estimate of drug-likeness (QED) is 0.776. The number of nitrogens with zero attached hydrogens (tertiary/aromatic N) is 1. The van der Waals surface area contributed by atoms with Gasteiger partial charge in [0.2, 0.25) is 0 Å². The molecule has 1 aliphatic rings. The maximum Gasteiger partial charge on any atom is 0.258 e. The second-order valence-electron chi connectivity index (χ2n) is 5.21. The molecule has 1 unspecified atom stereocenters. The fourth-order valence-corrected chi connectivity index (χ4v) is 4.11. The van der Waals surface area contributed by atoms with Crippen LogP contribution >= 0.6 is 0 Å². The number of nitrogens with one attached hydrogen (secondary N) is 2. The number of aliphatic hydroxyl groups excluding tert-OH is 1. The molecular formula is C14H17N3O3S. The van der Waals surface area contributed by atoms with E-state index in [0.29, 0.717) is 6.42 Å². The molecule has 0 saturated heterocycles. The molecule has 2 aromatic rings. The molecule has 1 aliphatic carbocycles. The van der Waals surface area contributed by atoms with Crippen LogP contribution in [0.15, 0.2) is 35.5 Å². The number of rotatable bonds is 4. The summed E-state index contributed by atoms with van der Waals surface area (Å²) in [5.74, 6) is 0. The molecule has 0 bridgehead atoms. The first-order valence-electron chi connectivity index (χ1n) is 6.82. The second-order valence-corrected chi connectivity index (χ2v) is 6.86. The number of hydrogen-bond acceptors (Lipinski definition) is 4. The molecule has 0 aliphatic heterocycles. The van der Waals surface area contributed by atoms with Crippen LogP contribution in [0.5, 0.6) is 0 Å². The van der Waals surface area contributed by atoms with Crippen molar-refractivity contribution in [3.8, 4) is 0 Å². The molecule has 7 heteroatoms. The topological polar surface area (TPSA) is 95.1 Å². The summed E-state index contributed by atoms with van der Waals surface area (Å²) in [6, 6.07) is 7.94. The van der Waals surface area contributed by atoms with Crippen molar-refractivity contribution < 1.29 is 13.5 Å². The van der Waals surface area contributed by atoms with Gasteiger partial charge in [-0.05, 0) is 30.4 Å². The Bertz CT molecular complexity index is 739. The fraction of sp³-hybridized carbons (Fsp3) is 0.357. The van der Waals surface area contributed by atoms with Gasteiger partial charge in [0.15, 0.2) is 5.03 Å². The van der Waals surface area contributed by atoms with E-state index >= 15 is 0 Å². The van der Waals surface area contributed by atoms with Gasteiger partial charge in [0, 0.05) is 11.6 Å². The Morgan fingerprint density at radius 2 is 2.10 bits per heavy atom. The number of aromatic nitrogens is 2. The first-order valence-corrected chi connectivity index (χ1v) is 8.30. The van der Waals surface area contributed by atoms with Crippen molar-refractivity contribution in [3.05, 3.63) is 47.2 Å². The summed E-state index contributed by atoms with van der Waals surface area (Å²) < 4.78 is 27.4. The Morgan fingerprint density at radius 1 is 1.33 bits per heavy atom. The number of H-pyrrole nitrogens is 1. The van der Waals surface area contributed by atoms with Gasteiger partial charge >= 0.3 is 0 Å². The average Bonchev–Trinajstić information content (AvgIpc) is 2.96. The molecule has 1 atom stereocenters. The summed E-state index contributed by atoms with van der Waals surface area (Å²) in [5.41, 5.74) is 2.74. The Kier molecular flexibility index (Phi) is 3.79. The number of benzene rings is 1. The second kappa shape index (κ2) is 5.59. The van der Waals surface area contributed by atoms with E-state index in [1.165, 1.54) is 17.3 Å². The summed E-state index contributed by atoms with van der Waals surface area (Å²) in [5, 5.41) is 15.2.